The lowest BCUT2D eigenvalue weighted by atomic mass is 10.2. The van der Waals surface area contributed by atoms with E-state index in [0.717, 1.165) is 11.3 Å². The van der Waals surface area contributed by atoms with E-state index in [-0.39, 0.29) is 6.79 Å². The van der Waals surface area contributed by atoms with Crippen molar-refractivity contribution in [1.82, 2.24) is 10.9 Å². The van der Waals surface area contributed by atoms with Crippen LogP contribution in [0, 0.1) is 0 Å². The zero-order chi connectivity index (χ0) is 20.6. The molecule has 0 saturated carbocycles. The number of fused-ring (bicyclic) bond motifs is 1. The second-order valence-electron chi connectivity index (χ2n) is 6.09. The zero-order valence-corrected chi connectivity index (χ0v) is 16.1. The van der Waals surface area contributed by atoms with Gasteiger partial charge in [0.2, 0.25) is 6.79 Å². The van der Waals surface area contributed by atoms with E-state index in [1.54, 1.807) is 55.5 Å². The summed E-state index contributed by atoms with van der Waals surface area (Å²) in [4.78, 5) is 24.0. The molecule has 2 N–H and O–H groups in total. The van der Waals surface area contributed by atoms with Crippen molar-refractivity contribution in [3.8, 4) is 23.0 Å². The molecule has 29 heavy (non-hydrogen) atoms. The molecular weight excluding hydrogens is 376 g/mol. The Kier molecular flexibility index (Phi) is 6.57. The molecule has 2 amide bonds. The number of rotatable bonds is 7. The number of carbonyl (C=O) groups excluding carboxylic acids is 2. The van der Waals surface area contributed by atoms with Crippen molar-refractivity contribution in [2.75, 3.05) is 13.4 Å². The Hall–Kier alpha value is -3.68. The first kappa shape index (κ1) is 20.1. The van der Waals surface area contributed by atoms with Crippen LogP contribution in [-0.4, -0.2) is 31.3 Å². The van der Waals surface area contributed by atoms with E-state index in [9.17, 15) is 9.59 Å². The lowest BCUT2D eigenvalue weighted by molar-refractivity contribution is -0.131. The molecule has 8 heteroatoms. The van der Waals surface area contributed by atoms with E-state index >= 15 is 0 Å². The predicted molar refractivity (Wildman–Crippen MR) is 106 cm³/mol. The highest BCUT2D eigenvalue weighted by Crippen LogP contribution is 2.32. The summed E-state index contributed by atoms with van der Waals surface area (Å²) in [6.07, 6.45) is 2.10. The van der Waals surface area contributed by atoms with Gasteiger partial charge in [-0.15, -0.1) is 0 Å². The fourth-order valence-electron chi connectivity index (χ4n) is 2.49. The van der Waals surface area contributed by atoms with E-state index in [1.807, 2.05) is 6.92 Å². The highest BCUT2D eigenvalue weighted by Gasteiger charge is 2.15. The number of carbonyl (C=O) groups is 2. The second kappa shape index (κ2) is 9.50. The number of hydrazine groups is 1. The van der Waals surface area contributed by atoms with Crippen molar-refractivity contribution in [2.45, 2.75) is 20.0 Å². The van der Waals surface area contributed by atoms with Crippen molar-refractivity contribution in [3.05, 3.63) is 54.1 Å². The molecule has 0 radical (unpaired) electrons. The average molecular weight is 398 g/mol. The van der Waals surface area contributed by atoms with Gasteiger partial charge >= 0.3 is 0 Å². The van der Waals surface area contributed by atoms with Crippen molar-refractivity contribution in [3.63, 3.8) is 0 Å². The molecule has 1 heterocycles. The van der Waals surface area contributed by atoms with Gasteiger partial charge in [0, 0.05) is 6.08 Å². The van der Waals surface area contributed by atoms with Gasteiger partial charge in [0.25, 0.3) is 11.8 Å². The normalized spacial score (nSPS) is 13.0. The Morgan fingerprint density at radius 2 is 1.79 bits per heavy atom. The highest BCUT2D eigenvalue weighted by atomic mass is 16.7. The van der Waals surface area contributed by atoms with Crippen LogP contribution in [0.15, 0.2) is 48.5 Å². The Bertz CT molecular complexity index is 895. The van der Waals surface area contributed by atoms with Crippen molar-refractivity contribution in [1.29, 1.82) is 0 Å². The number of benzene rings is 2. The third-order valence-electron chi connectivity index (χ3n) is 3.95. The first-order valence-corrected chi connectivity index (χ1v) is 9.12. The maximum atomic E-state index is 12.1. The first-order chi connectivity index (χ1) is 14.0. The Balaban J connectivity index is 1.44. The minimum absolute atomic E-state index is 0.186. The van der Waals surface area contributed by atoms with E-state index in [1.165, 1.54) is 6.08 Å². The lowest BCUT2D eigenvalue weighted by Gasteiger charge is -2.15. The predicted octanol–water partition coefficient (Wildman–Crippen LogP) is 2.44. The maximum absolute atomic E-state index is 12.1. The molecule has 0 fully saturated rings. The molecule has 2 aromatic carbocycles. The molecule has 0 bridgehead atoms. The lowest BCUT2D eigenvalue weighted by Crippen LogP contribution is -2.46. The Labute approximate surface area is 168 Å². The number of hydrogen-bond donors (Lipinski definition) is 2. The van der Waals surface area contributed by atoms with Crippen LogP contribution in [-0.2, 0) is 9.59 Å². The minimum Gasteiger partial charge on any atom is -0.494 e. The van der Waals surface area contributed by atoms with Gasteiger partial charge in [0.1, 0.15) is 11.5 Å². The summed E-state index contributed by atoms with van der Waals surface area (Å²) in [5, 5.41) is 0. The van der Waals surface area contributed by atoms with Gasteiger partial charge in [-0.05, 0) is 61.9 Å². The standard InChI is InChI=1S/C21H22N2O6/c1-3-26-16-6-8-17(9-7-16)29-14(2)21(25)23-22-20(24)11-5-15-4-10-18-19(12-15)28-13-27-18/h4-12,14H,3,13H2,1-2H3,(H,22,24)(H,23,25)/b11-5+/t14-/m0/s1. The number of ether oxygens (including phenoxy) is 4. The summed E-state index contributed by atoms with van der Waals surface area (Å²) in [6, 6.07) is 12.3. The van der Waals surface area contributed by atoms with Crippen LogP contribution < -0.4 is 29.8 Å². The van der Waals surface area contributed by atoms with Crippen LogP contribution in [0.2, 0.25) is 0 Å². The zero-order valence-electron chi connectivity index (χ0n) is 16.1. The molecule has 152 valence electrons. The van der Waals surface area contributed by atoms with E-state index in [4.69, 9.17) is 18.9 Å². The molecule has 0 spiro atoms. The van der Waals surface area contributed by atoms with Gasteiger partial charge in [-0.2, -0.15) is 0 Å². The number of nitrogens with one attached hydrogen (secondary N) is 2. The molecule has 1 aliphatic rings. The molecule has 3 rings (SSSR count). The van der Waals surface area contributed by atoms with Gasteiger partial charge < -0.3 is 18.9 Å². The largest absolute Gasteiger partial charge is 0.494 e. The number of amides is 2. The van der Waals surface area contributed by atoms with Gasteiger partial charge in [-0.1, -0.05) is 6.07 Å². The van der Waals surface area contributed by atoms with Crippen LogP contribution in [0.25, 0.3) is 6.08 Å². The van der Waals surface area contributed by atoms with Crippen LogP contribution in [0.5, 0.6) is 23.0 Å². The topological polar surface area (TPSA) is 95.1 Å². The fraction of sp³-hybridized carbons (Fsp3) is 0.238. The summed E-state index contributed by atoms with van der Waals surface area (Å²) >= 11 is 0. The Morgan fingerprint density at radius 3 is 2.55 bits per heavy atom. The van der Waals surface area contributed by atoms with E-state index < -0.39 is 17.9 Å². The molecular formula is C21H22N2O6. The molecule has 0 saturated heterocycles. The maximum Gasteiger partial charge on any atom is 0.279 e. The van der Waals surface area contributed by atoms with Crippen molar-refractivity contribution >= 4 is 17.9 Å². The second-order valence-corrected chi connectivity index (χ2v) is 6.09. The van der Waals surface area contributed by atoms with Gasteiger partial charge in [-0.3, -0.25) is 20.4 Å². The van der Waals surface area contributed by atoms with Crippen LogP contribution in [0.4, 0.5) is 0 Å². The summed E-state index contributed by atoms with van der Waals surface area (Å²) in [7, 11) is 0. The molecule has 0 unspecified atom stereocenters. The SMILES string of the molecule is CCOc1ccc(O[C@@H](C)C(=O)NNC(=O)/C=C/c2ccc3c(c2)OCO3)cc1. The van der Waals surface area contributed by atoms with E-state index in [2.05, 4.69) is 10.9 Å². The van der Waals surface area contributed by atoms with Gasteiger partial charge in [0.05, 0.1) is 6.61 Å². The van der Waals surface area contributed by atoms with Gasteiger partial charge in [0.15, 0.2) is 17.6 Å². The van der Waals surface area contributed by atoms with E-state index in [0.29, 0.717) is 23.9 Å². The summed E-state index contributed by atoms with van der Waals surface area (Å²) in [5.74, 6) is 1.57. The number of hydrogen-bond acceptors (Lipinski definition) is 6. The molecule has 2 aromatic rings. The van der Waals surface area contributed by atoms with Crippen LogP contribution in [0.3, 0.4) is 0 Å². The third-order valence-corrected chi connectivity index (χ3v) is 3.95. The van der Waals surface area contributed by atoms with Gasteiger partial charge in [-0.25, -0.2) is 0 Å². The third kappa shape index (κ3) is 5.65. The fourth-order valence-corrected chi connectivity index (χ4v) is 2.49. The first-order valence-electron chi connectivity index (χ1n) is 9.12. The molecule has 1 aliphatic heterocycles. The summed E-state index contributed by atoms with van der Waals surface area (Å²) < 4.78 is 21.4. The smallest absolute Gasteiger partial charge is 0.279 e. The monoisotopic (exact) mass is 398 g/mol. The van der Waals surface area contributed by atoms with Crippen molar-refractivity contribution < 1.29 is 28.5 Å². The quantitative estimate of drug-likeness (QED) is 0.550. The van der Waals surface area contributed by atoms with Crippen molar-refractivity contribution in [2.24, 2.45) is 0 Å². The molecule has 8 nitrogen and oxygen atoms in total. The molecule has 1 atom stereocenters. The minimum atomic E-state index is -0.800. The van der Waals surface area contributed by atoms with Crippen LogP contribution >= 0.6 is 0 Å². The Morgan fingerprint density at radius 1 is 1.07 bits per heavy atom. The highest BCUT2D eigenvalue weighted by molar-refractivity contribution is 5.93. The van der Waals surface area contributed by atoms with Crippen LogP contribution in [0.1, 0.15) is 19.4 Å². The average Bonchev–Trinajstić information content (AvgIpc) is 3.20. The molecule has 0 aliphatic carbocycles. The molecule has 0 aromatic heterocycles. The summed E-state index contributed by atoms with van der Waals surface area (Å²) in [5.41, 5.74) is 5.41. The summed E-state index contributed by atoms with van der Waals surface area (Å²) in [6.45, 7) is 4.24.